The average Bonchev–Trinajstić information content (AvgIpc) is 2.40. The second kappa shape index (κ2) is 6.82. The van der Waals surface area contributed by atoms with Crippen LogP contribution >= 0.6 is 11.6 Å². The Hall–Kier alpha value is -0.730. The quantitative estimate of drug-likeness (QED) is 0.880. The molecule has 1 N–H and O–H groups in total. The summed E-state index contributed by atoms with van der Waals surface area (Å²) in [5.74, 6) is 0.801. The monoisotopic (exact) mass is 295 g/mol. The van der Waals surface area contributed by atoms with Gasteiger partial charge in [0, 0.05) is 6.04 Å². The van der Waals surface area contributed by atoms with Crippen molar-refractivity contribution >= 4 is 11.6 Å². The Morgan fingerprint density at radius 1 is 1.30 bits per heavy atom. The fraction of sp³-hybridized carbons (Fsp3) is 0.647. The second-order valence-corrected chi connectivity index (χ2v) is 7.09. The Balaban J connectivity index is 1.86. The molecular weight excluding hydrogens is 270 g/mol. The standard InChI is InChI=1S/C17H26ClNO/c1-17(2,3)13-7-8-16(15(18)12-13)20-11-9-14-6-4-5-10-19-14/h7-8,12,14,19H,4-6,9-11H2,1-3H3/t14-/m1/s1. The van der Waals surface area contributed by atoms with Gasteiger partial charge in [-0.2, -0.15) is 0 Å². The number of hydrogen-bond acceptors (Lipinski definition) is 2. The highest BCUT2D eigenvalue weighted by Gasteiger charge is 2.16. The van der Waals surface area contributed by atoms with E-state index in [0.717, 1.165) is 25.3 Å². The summed E-state index contributed by atoms with van der Waals surface area (Å²) in [5, 5.41) is 4.25. The van der Waals surface area contributed by atoms with Gasteiger partial charge >= 0.3 is 0 Å². The van der Waals surface area contributed by atoms with E-state index in [4.69, 9.17) is 16.3 Å². The van der Waals surface area contributed by atoms with Crippen LogP contribution in [0.4, 0.5) is 0 Å². The molecule has 1 aromatic rings. The second-order valence-electron chi connectivity index (χ2n) is 6.68. The third-order valence-corrected chi connectivity index (χ3v) is 4.23. The molecule has 0 radical (unpaired) electrons. The lowest BCUT2D eigenvalue weighted by Gasteiger charge is -2.23. The highest BCUT2D eigenvalue weighted by Crippen LogP contribution is 2.31. The summed E-state index contributed by atoms with van der Waals surface area (Å²) in [6.07, 6.45) is 4.95. The van der Waals surface area contributed by atoms with Gasteiger partial charge in [0.15, 0.2) is 0 Å². The third-order valence-electron chi connectivity index (χ3n) is 3.93. The van der Waals surface area contributed by atoms with Gasteiger partial charge in [-0.1, -0.05) is 44.9 Å². The van der Waals surface area contributed by atoms with Crippen LogP contribution < -0.4 is 10.1 Å². The first-order chi connectivity index (χ1) is 9.47. The number of halogens is 1. The minimum atomic E-state index is 0.119. The lowest BCUT2D eigenvalue weighted by Crippen LogP contribution is -2.35. The van der Waals surface area contributed by atoms with Crippen LogP contribution in [0, 0.1) is 0 Å². The minimum Gasteiger partial charge on any atom is -0.492 e. The molecule has 3 heteroatoms. The van der Waals surface area contributed by atoms with Crippen LogP contribution in [-0.2, 0) is 5.41 Å². The molecule has 0 saturated carbocycles. The van der Waals surface area contributed by atoms with Gasteiger partial charge in [0.25, 0.3) is 0 Å². The summed E-state index contributed by atoms with van der Waals surface area (Å²) in [6, 6.07) is 6.74. The summed E-state index contributed by atoms with van der Waals surface area (Å²) in [6.45, 7) is 8.44. The van der Waals surface area contributed by atoms with Crippen molar-refractivity contribution < 1.29 is 4.74 Å². The largest absolute Gasteiger partial charge is 0.492 e. The molecule has 1 atom stereocenters. The Morgan fingerprint density at radius 2 is 2.10 bits per heavy atom. The maximum absolute atomic E-state index is 6.32. The lowest BCUT2D eigenvalue weighted by atomic mass is 9.87. The van der Waals surface area contributed by atoms with Gasteiger partial charge in [0.2, 0.25) is 0 Å². The Bertz CT molecular complexity index is 433. The average molecular weight is 296 g/mol. The van der Waals surface area contributed by atoms with E-state index in [1.807, 2.05) is 12.1 Å². The van der Waals surface area contributed by atoms with E-state index < -0.39 is 0 Å². The normalized spacial score (nSPS) is 19.9. The summed E-state index contributed by atoms with van der Waals surface area (Å²) < 4.78 is 5.84. The zero-order valence-electron chi connectivity index (χ0n) is 12.8. The molecule has 1 saturated heterocycles. The van der Waals surface area contributed by atoms with Gasteiger partial charge in [-0.15, -0.1) is 0 Å². The van der Waals surface area contributed by atoms with E-state index in [2.05, 4.69) is 32.2 Å². The predicted octanol–water partition coefficient (Wildman–Crippen LogP) is 4.55. The maximum Gasteiger partial charge on any atom is 0.137 e. The summed E-state index contributed by atoms with van der Waals surface area (Å²) in [4.78, 5) is 0. The molecule has 2 rings (SSSR count). The van der Waals surface area contributed by atoms with Crippen LogP contribution in [0.1, 0.15) is 52.0 Å². The molecule has 1 aliphatic heterocycles. The Morgan fingerprint density at radius 3 is 2.70 bits per heavy atom. The molecule has 1 aliphatic rings. The molecule has 0 aromatic heterocycles. The molecule has 0 aliphatic carbocycles. The molecule has 2 nitrogen and oxygen atoms in total. The van der Waals surface area contributed by atoms with Crippen LogP contribution in [0.3, 0.4) is 0 Å². The van der Waals surface area contributed by atoms with E-state index in [1.165, 1.54) is 24.8 Å². The fourth-order valence-corrected chi connectivity index (χ4v) is 2.80. The number of rotatable bonds is 4. The van der Waals surface area contributed by atoms with Crippen LogP contribution in [0.2, 0.25) is 5.02 Å². The lowest BCUT2D eigenvalue weighted by molar-refractivity contribution is 0.268. The number of ether oxygens (including phenoxy) is 1. The van der Waals surface area contributed by atoms with Crippen molar-refractivity contribution in [3.8, 4) is 5.75 Å². The highest BCUT2D eigenvalue weighted by molar-refractivity contribution is 6.32. The van der Waals surface area contributed by atoms with Crippen LogP contribution in [0.15, 0.2) is 18.2 Å². The van der Waals surface area contributed by atoms with Gasteiger partial charge < -0.3 is 10.1 Å². The van der Waals surface area contributed by atoms with Gasteiger partial charge in [-0.25, -0.2) is 0 Å². The van der Waals surface area contributed by atoms with Crippen LogP contribution in [-0.4, -0.2) is 19.2 Å². The van der Waals surface area contributed by atoms with Crippen LogP contribution in [0.25, 0.3) is 0 Å². The first kappa shape index (κ1) is 15.7. The zero-order chi connectivity index (χ0) is 14.6. The third kappa shape index (κ3) is 4.39. The Kier molecular flexibility index (Phi) is 5.34. The van der Waals surface area contributed by atoms with E-state index >= 15 is 0 Å². The first-order valence-electron chi connectivity index (χ1n) is 7.63. The SMILES string of the molecule is CC(C)(C)c1ccc(OCC[C@H]2CCCCN2)c(Cl)c1. The number of hydrogen-bond donors (Lipinski definition) is 1. The molecule has 1 heterocycles. The minimum absolute atomic E-state index is 0.119. The zero-order valence-corrected chi connectivity index (χ0v) is 13.6. The number of benzene rings is 1. The molecule has 0 bridgehead atoms. The van der Waals surface area contributed by atoms with Crippen LogP contribution in [0.5, 0.6) is 5.75 Å². The van der Waals surface area contributed by atoms with Crippen molar-refractivity contribution in [2.24, 2.45) is 0 Å². The summed E-state index contributed by atoms with van der Waals surface area (Å²) in [5.41, 5.74) is 1.36. The Labute approximate surface area is 127 Å². The van der Waals surface area contributed by atoms with Crippen molar-refractivity contribution in [3.63, 3.8) is 0 Å². The molecule has 0 amide bonds. The van der Waals surface area contributed by atoms with E-state index in [9.17, 15) is 0 Å². The molecule has 1 fully saturated rings. The number of piperidine rings is 1. The molecular formula is C17H26ClNO. The number of nitrogens with one attached hydrogen (secondary N) is 1. The summed E-state index contributed by atoms with van der Waals surface area (Å²) >= 11 is 6.32. The van der Waals surface area contributed by atoms with Gasteiger partial charge in [0.1, 0.15) is 5.75 Å². The maximum atomic E-state index is 6.32. The van der Waals surface area contributed by atoms with E-state index in [0.29, 0.717) is 11.1 Å². The van der Waals surface area contributed by atoms with Crippen molar-refractivity contribution in [2.45, 2.75) is 57.9 Å². The molecule has 0 spiro atoms. The fourth-order valence-electron chi connectivity index (χ4n) is 2.57. The smallest absolute Gasteiger partial charge is 0.137 e. The van der Waals surface area contributed by atoms with E-state index in [-0.39, 0.29) is 5.41 Å². The predicted molar refractivity (Wildman–Crippen MR) is 85.9 cm³/mol. The van der Waals surface area contributed by atoms with Crippen molar-refractivity contribution in [3.05, 3.63) is 28.8 Å². The van der Waals surface area contributed by atoms with Gasteiger partial charge in [0.05, 0.1) is 11.6 Å². The van der Waals surface area contributed by atoms with Gasteiger partial charge in [-0.05, 0) is 48.9 Å². The topological polar surface area (TPSA) is 21.3 Å². The molecule has 112 valence electrons. The molecule has 0 unspecified atom stereocenters. The summed E-state index contributed by atoms with van der Waals surface area (Å²) in [7, 11) is 0. The highest BCUT2D eigenvalue weighted by atomic mass is 35.5. The molecule has 1 aromatic carbocycles. The van der Waals surface area contributed by atoms with E-state index in [1.54, 1.807) is 0 Å². The molecule has 20 heavy (non-hydrogen) atoms. The van der Waals surface area contributed by atoms with Crippen molar-refractivity contribution in [1.29, 1.82) is 0 Å². The van der Waals surface area contributed by atoms with Gasteiger partial charge in [-0.3, -0.25) is 0 Å². The first-order valence-corrected chi connectivity index (χ1v) is 8.01. The van der Waals surface area contributed by atoms with Crippen molar-refractivity contribution in [1.82, 2.24) is 5.32 Å². The van der Waals surface area contributed by atoms with Crippen molar-refractivity contribution in [2.75, 3.05) is 13.2 Å².